The van der Waals surface area contributed by atoms with Crippen molar-refractivity contribution in [3.63, 3.8) is 0 Å². The van der Waals surface area contributed by atoms with Crippen molar-refractivity contribution in [2.45, 2.75) is 34.2 Å². The molecule has 1 aromatic carbocycles. The molecule has 0 bridgehead atoms. The van der Waals surface area contributed by atoms with Crippen LogP contribution in [0.25, 0.3) is 11.1 Å². The van der Waals surface area contributed by atoms with Gasteiger partial charge in [-0.15, -0.1) is 0 Å². The number of carbonyl (C=O) groups excluding carboxylic acids is 1. The molecular weight excluding hydrogens is 262 g/mol. The minimum absolute atomic E-state index is 0.0903. The van der Waals surface area contributed by atoms with Crippen molar-refractivity contribution in [1.82, 2.24) is 14.7 Å². The maximum absolute atomic E-state index is 12.3. The zero-order valence-corrected chi connectivity index (χ0v) is 13.3. The Morgan fingerprint density at radius 2 is 1.76 bits per heavy atom. The van der Waals surface area contributed by atoms with E-state index in [9.17, 15) is 4.79 Å². The Morgan fingerprint density at radius 3 is 2.24 bits per heavy atom. The molecule has 0 N–H and O–H groups in total. The molecule has 0 fully saturated rings. The molecule has 1 heterocycles. The maximum Gasteiger partial charge on any atom is 0.253 e. The standard InChI is InChI=1S/C17H23N3O/c1-5-19(6-2)17(21)15-10-8-14(9-11-15)16-12-18-20(7-3)13(16)4/h8-12H,5-7H2,1-4H3. The molecular formula is C17H23N3O. The fourth-order valence-corrected chi connectivity index (χ4v) is 2.53. The van der Waals surface area contributed by atoms with E-state index in [1.54, 1.807) is 0 Å². The fraction of sp³-hybridized carbons (Fsp3) is 0.412. The zero-order valence-electron chi connectivity index (χ0n) is 13.3. The summed E-state index contributed by atoms with van der Waals surface area (Å²) >= 11 is 0. The van der Waals surface area contributed by atoms with Crippen LogP contribution in [0.2, 0.25) is 0 Å². The van der Waals surface area contributed by atoms with E-state index in [1.807, 2.05) is 53.9 Å². The van der Waals surface area contributed by atoms with Crippen LogP contribution in [-0.4, -0.2) is 33.7 Å². The summed E-state index contributed by atoms with van der Waals surface area (Å²) in [4.78, 5) is 14.1. The molecule has 1 amide bonds. The minimum atomic E-state index is 0.0903. The monoisotopic (exact) mass is 285 g/mol. The molecule has 0 radical (unpaired) electrons. The molecule has 2 aromatic rings. The Labute approximate surface area is 126 Å². The zero-order chi connectivity index (χ0) is 15.4. The van der Waals surface area contributed by atoms with Crippen molar-refractivity contribution < 1.29 is 4.79 Å². The molecule has 0 aliphatic carbocycles. The van der Waals surface area contributed by atoms with Gasteiger partial charge in [0.25, 0.3) is 5.91 Å². The van der Waals surface area contributed by atoms with Crippen molar-refractivity contribution in [1.29, 1.82) is 0 Å². The van der Waals surface area contributed by atoms with Crippen LogP contribution in [0.1, 0.15) is 36.8 Å². The molecule has 112 valence electrons. The molecule has 0 saturated carbocycles. The van der Waals surface area contributed by atoms with Crippen LogP contribution in [0.4, 0.5) is 0 Å². The summed E-state index contributed by atoms with van der Waals surface area (Å²) in [5, 5.41) is 4.36. The lowest BCUT2D eigenvalue weighted by atomic mass is 10.0. The molecule has 4 heteroatoms. The van der Waals surface area contributed by atoms with Crippen molar-refractivity contribution in [3.05, 3.63) is 41.7 Å². The summed E-state index contributed by atoms with van der Waals surface area (Å²) in [5.41, 5.74) is 4.12. The van der Waals surface area contributed by atoms with Crippen LogP contribution in [0.3, 0.4) is 0 Å². The third kappa shape index (κ3) is 2.99. The van der Waals surface area contributed by atoms with Crippen LogP contribution >= 0.6 is 0 Å². The number of nitrogens with zero attached hydrogens (tertiary/aromatic N) is 3. The lowest BCUT2D eigenvalue weighted by Crippen LogP contribution is -2.30. The normalized spacial score (nSPS) is 10.7. The van der Waals surface area contributed by atoms with Gasteiger partial charge in [-0.05, 0) is 45.4 Å². The molecule has 0 unspecified atom stereocenters. The van der Waals surface area contributed by atoms with Crippen LogP contribution in [0.15, 0.2) is 30.5 Å². The molecule has 21 heavy (non-hydrogen) atoms. The van der Waals surface area contributed by atoms with Crippen LogP contribution in [0, 0.1) is 6.92 Å². The second-order valence-corrected chi connectivity index (χ2v) is 5.01. The first-order chi connectivity index (χ1) is 10.1. The predicted molar refractivity (Wildman–Crippen MR) is 85.3 cm³/mol. The van der Waals surface area contributed by atoms with Gasteiger partial charge >= 0.3 is 0 Å². The van der Waals surface area contributed by atoms with E-state index in [2.05, 4.69) is 18.9 Å². The highest BCUT2D eigenvalue weighted by Crippen LogP contribution is 2.23. The molecule has 2 rings (SSSR count). The maximum atomic E-state index is 12.3. The van der Waals surface area contributed by atoms with Crippen LogP contribution < -0.4 is 0 Å². The number of benzene rings is 1. The Kier molecular flexibility index (Phi) is 4.78. The molecule has 0 saturated heterocycles. The van der Waals surface area contributed by atoms with Crippen LogP contribution in [-0.2, 0) is 6.54 Å². The van der Waals surface area contributed by atoms with Gasteiger partial charge in [0, 0.05) is 36.5 Å². The number of hydrogen-bond donors (Lipinski definition) is 0. The fourth-order valence-electron chi connectivity index (χ4n) is 2.53. The molecule has 0 aliphatic heterocycles. The topological polar surface area (TPSA) is 38.1 Å². The van der Waals surface area contributed by atoms with Crippen molar-refractivity contribution >= 4 is 5.91 Å². The van der Waals surface area contributed by atoms with Crippen LogP contribution in [0.5, 0.6) is 0 Å². The second-order valence-electron chi connectivity index (χ2n) is 5.01. The summed E-state index contributed by atoms with van der Waals surface area (Å²) in [7, 11) is 0. The largest absolute Gasteiger partial charge is 0.339 e. The third-order valence-electron chi connectivity index (χ3n) is 3.90. The van der Waals surface area contributed by atoms with Gasteiger partial charge in [-0.3, -0.25) is 9.48 Å². The first-order valence-electron chi connectivity index (χ1n) is 7.54. The van der Waals surface area contributed by atoms with Gasteiger partial charge in [-0.1, -0.05) is 12.1 Å². The van der Waals surface area contributed by atoms with Crippen molar-refractivity contribution in [3.8, 4) is 11.1 Å². The van der Waals surface area contributed by atoms with Gasteiger partial charge in [-0.25, -0.2) is 0 Å². The average molecular weight is 285 g/mol. The highest BCUT2D eigenvalue weighted by Gasteiger charge is 2.13. The van der Waals surface area contributed by atoms with E-state index in [0.717, 1.165) is 42.0 Å². The molecule has 4 nitrogen and oxygen atoms in total. The van der Waals surface area contributed by atoms with E-state index < -0.39 is 0 Å². The third-order valence-corrected chi connectivity index (χ3v) is 3.90. The number of hydrogen-bond acceptors (Lipinski definition) is 2. The molecule has 0 spiro atoms. The van der Waals surface area contributed by atoms with E-state index in [1.165, 1.54) is 0 Å². The van der Waals surface area contributed by atoms with E-state index in [-0.39, 0.29) is 5.91 Å². The van der Waals surface area contributed by atoms with E-state index in [0.29, 0.717) is 0 Å². The van der Waals surface area contributed by atoms with Crippen molar-refractivity contribution in [2.24, 2.45) is 0 Å². The smallest absolute Gasteiger partial charge is 0.253 e. The SMILES string of the molecule is CCN(CC)C(=O)c1ccc(-c2cnn(CC)c2C)cc1. The van der Waals surface area contributed by atoms with E-state index >= 15 is 0 Å². The number of amides is 1. The highest BCUT2D eigenvalue weighted by atomic mass is 16.2. The predicted octanol–water partition coefficient (Wildman–Crippen LogP) is 3.36. The van der Waals surface area contributed by atoms with Gasteiger partial charge in [0.1, 0.15) is 0 Å². The quantitative estimate of drug-likeness (QED) is 0.845. The summed E-state index contributed by atoms with van der Waals surface area (Å²) < 4.78 is 1.98. The second kappa shape index (κ2) is 6.57. The van der Waals surface area contributed by atoms with Gasteiger partial charge < -0.3 is 4.90 Å². The lowest BCUT2D eigenvalue weighted by Gasteiger charge is -2.18. The molecule has 0 aliphatic rings. The van der Waals surface area contributed by atoms with Gasteiger partial charge in [0.2, 0.25) is 0 Å². The highest BCUT2D eigenvalue weighted by molar-refractivity contribution is 5.94. The van der Waals surface area contributed by atoms with Gasteiger partial charge in [0.05, 0.1) is 6.20 Å². The number of carbonyl (C=O) groups is 1. The number of aryl methyl sites for hydroxylation is 1. The minimum Gasteiger partial charge on any atom is -0.339 e. The summed E-state index contributed by atoms with van der Waals surface area (Å²) in [6.07, 6.45) is 1.89. The number of aromatic nitrogens is 2. The number of rotatable bonds is 5. The Hall–Kier alpha value is -2.10. The summed E-state index contributed by atoms with van der Waals surface area (Å²) in [6, 6.07) is 7.80. The summed E-state index contributed by atoms with van der Waals surface area (Å²) in [5.74, 6) is 0.0903. The molecule has 1 aromatic heterocycles. The van der Waals surface area contributed by atoms with Crippen molar-refractivity contribution in [2.75, 3.05) is 13.1 Å². The van der Waals surface area contributed by atoms with E-state index in [4.69, 9.17) is 0 Å². The Bertz CT molecular complexity index is 609. The average Bonchev–Trinajstić information content (AvgIpc) is 2.89. The first kappa shape index (κ1) is 15.3. The first-order valence-corrected chi connectivity index (χ1v) is 7.54. The molecule has 0 atom stereocenters. The lowest BCUT2D eigenvalue weighted by molar-refractivity contribution is 0.0773. The van der Waals surface area contributed by atoms with Gasteiger partial charge in [-0.2, -0.15) is 5.10 Å². The summed E-state index contributed by atoms with van der Waals surface area (Å²) in [6.45, 7) is 10.5. The Morgan fingerprint density at radius 1 is 1.14 bits per heavy atom. The Balaban J connectivity index is 2.26. The van der Waals surface area contributed by atoms with Gasteiger partial charge in [0.15, 0.2) is 0 Å².